The molecule has 12 rings (SSSR count). The first-order valence-corrected chi connectivity index (χ1v) is 44.7. The summed E-state index contributed by atoms with van der Waals surface area (Å²) in [6.45, 7) is 3.08. The number of carbonyl (C=O) groups excluding carboxylic acids is 7. The molecule has 0 aromatic heterocycles. The summed E-state index contributed by atoms with van der Waals surface area (Å²) in [4.78, 5) is 149. The van der Waals surface area contributed by atoms with Crippen LogP contribution in [0.2, 0.25) is 5.02 Å². The zero-order valence-corrected chi connectivity index (χ0v) is 75.1. The highest BCUT2D eigenvalue weighted by Crippen LogP contribution is 2.28. The van der Waals surface area contributed by atoms with E-state index in [1.807, 2.05) is 122 Å². The number of hydrogen-bond acceptors (Lipinski definition) is 13. The van der Waals surface area contributed by atoms with Crippen LogP contribution in [0.15, 0.2) is 279 Å². The quantitative estimate of drug-likeness (QED) is 0.00985. The molecule has 26 nitrogen and oxygen atoms in total. The van der Waals surface area contributed by atoms with Crippen molar-refractivity contribution in [1.29, 1.82) is 0 Å². The first-order chi connectivity index (χ1) is 64.2. The monoisotopic (exact) mass is 1830 g/mol. The number of halogens is 1. The molecule has 7 amide bonds. The van der Waals surface area contributed by atoms with Crippen LogP contribution in [-0.4, -0.2) is 114 Å². The Morgan fingerprint density at radius 2 is 0.850 bits per heavy atom. The van der Waals surface area contributed by atoms with Crippen LogP contribution in [0.5, 0.6) is 0 Å². The zero-order chi connectivity index (χ0) is 95.9. The molecule has 0 aliphatic heterocycles. The Bertz CT molecular complexity index is 5400. The average molecular weight is 1830 g/mol. The molecule has 2 saturated carbocycles. The number of rotatable bonds is 36. The third kappa shape index (κ3) is 42.5. The second-order valence-corrected chi connectivity index (χ2v) is 32.0. The first kappa shape index (κ1) is 105. The molecule has 0 spiro atoms. The highest BCUT2D eigenvalue weighted by Gasteiger charge is 2.25. The minimum atomic E-state index is -1.09. The van der Waals surface area contributed by atoms with Gasteiger partial charge in [0.25, 0.3) is 5.91 Å². The molecule has 10 aromatic carbocycles. The highest BCUT2D eigenvalue weighted by molar-refractivity contribution is 6.34. The fraction of sp³-hybridized carbons (Fsp3) is 0.274. The standard InChI is InChI=1S/C28H30N2O4.C18H15NO3.C16H15NO3.C15H12ClNO3.C15H19NO3.C14H25NO3/c1-2-24(21-11-5-3-6-12-21)27(32)29-23-18-16-20(17-19-23)10-9-15-25(31)30-26(28(33)34)22-13-7-4-8-14-22;20-17(12-8-14-4-2-1-3-5-14)19-16-10-6-15(7-11-16)9-13-18(21)22;18-15(10-12-4-2-1-3-5-12)17-11-13-6-8-14(9-7-13)16(19)20;16-13-4-2-1-3-12(13)15(20)17-11-7-5-10(6-8-11)9-14(18)19;17-14(18)10-11-6-8-13(9-7-11)16-15(19)12-4-2-1-3-5-12;16-13(17)10-6-3-7-11-15-14(18)12-8-4-1-2-5-9-12/h3-8,11-14,16-19,24,26H,2,9-10,15H2,1H3,(H,29,32)(H,30,31)(H,33,34);1-13H,(H,19,20)(H,21,22);1-9H,10-11H2,(H,17,18)(H,19,20);1-8H,9H2,(H,17,20)(H,18,19);6-9,12H,1-5,10H2,(H,16,19)(H,17,18);12H,1-11H2,(H,15,18)(H,16,17)/b;12-8+,13-9+;;;;. The van der Waals surface area contributed by atoms with Crippen LogP contribution in [0.3, 0.4) is 0 Å². The normalized spacial score (nSPS) is 12.6. The van der Waals surface area contributed by atoms with E-state index in [2.05, 4.69) is 37.2 Å². The molecular weight excluding hydrogens is 1710 g/mol. The van der Waals surface area contributed by atoms with Gasteiger partial charge in [0, 0.05) is 72.7 Å². The summed E-state index contributed by atoms with van der Waals surface area (Å²) in [6.07, 6.45) is 23.3. The van der Waals surface area contributed by atoms with Crippen LogP contribution in [-0.2, 0) is 85.0 Å². The minimum Gasteiger partial charge on any atom is -0.481 e. The van der Waals surface area contributed by atoms with Crippen molar-refractivity contribution in [1.82, 2.24) is 16.0 Å². The van der Waals surface area contributed by atoms with Gasteiger partial charge in [0.2, 0.25) is 35.4 Å². The van der Waals surface area contributed by atoms with Crippen LogP contribution in [0.25, 0.3) is 12.2 Å². The topological polar surface area (TPSA) is 427 Å². The molecule has 27 heteroatoms. The number of unbranched alkanes of at least 4 members (excludes halogenated alkanes) is 2. The van der Waals surface area contributed by atoms with Gasteiger partial charge in [0.15, 0.2) is 6.04 Å². The summed E-state index contributed by atoms with van der Waals surface area (Å²) in [5.74, 6) is -6.00. The first-order valence-electron chi connectivity index (χ1n) is 44.3. The second kappa shape index (κ2) is 59.3. The van der Waals surface area contributed by atoms with Crippen molar-refractivity contribution in [2.24, 2.45) is 11.8 Å². The Morgan fingerprint density at radius 3 is 1.38 bits per heavy atom. The molecule has 2 unspecified atom stereocenters. The fourth-order valence-electron chi connectivity index (χ4n) is 14.1. The number of anilines is 4. The van der Waals surface area contributed by atoms with E-state index < -0.39 is 41.9 Å². The molecule has 696 valence electrons. The fourth-order valence-corrected chi connectivity index (χ4v) is 14.3. The SMILES string of the molecule is CCC(C(=O)Nc1ccc(CCCC(=O)NC(C(=O)O)c2ccccc2)cc1)c1ccccc1.O=C(Cc1ccccc1)NCc1ccc(C(=O)O)cc1.O=C(O)/C=C/c1ccc(NC(=O)/C=C/c2ccccc2)cc1.O=C(O)CCCCCNC(=O)C1CCCCCC1.O=C(O)Cc1ccc(NC(=O)C2CCCCC2)cc1.O=C(O)Cc1ccc(NC(=O)c2ccccc2Cl)cc1. The Balaban J connectivity index is 0.000000221. The molecule has 2 atom stereocenters. The summed E-state index contributed by atoms with van der Waals surface area (Å²) in [5, 5.41) is 72.7. The predicted molar refractivity (Wildman–Crippen MR) is 516 cm³/mol. The summed E-state index contributed by atoms with van der Waals surface area (Å²) < 4.78 is 0. The van der Waals surface area contributed by atoms with Gasteiger partial charge in [-0.15, -0.1) is 0 Å². The summed E-state index contributed by atoms with van der Waals surface area (Å²) in [7, 11) is 0. The molecular formula is C106H116ClN7O19. The number of carboxylic acids is 6. The van der Waals surface area contributed by atoms with Gasteiger partial charge in [-0.25, -0.2) is 14.4 Å². The largest absolute Gasteiger partial charge is 0.481 e. The lowest BCUT2D eigenvalue weighted by molar-refractivity contribution is -0.142. The number of carbonyl (C=O) groups is 13. The maximum Gasteiger partial charge on any atom is 0.335 e. The van der Waals surface area contributed by atoms with Crippen LogP contribution in [0.1, 0.15) is 205 Å². The van der Waals surface area contributed by atoms with Gasteiger partial charge < -0.3 is 67.9 Å². The molecule has 0 heterocycles. The van der Waals surface area contributed by atoms with Gasteiger partial charge in [-0.3, -0.25) is 47.9 Å². The zero-order valence-electron chi connectivity index (χ0n) is 74.4. The number of amides is 7. The summed E-state index contributed by atoms with van der Waals surface area (Å²) in [5.41, 5.74) is 10.9. The molecule has 0 radical (unpaired) electrons. The van der Waals surface area contributed by atoms with Gasteiger partial charge in [-0.1, -0.05) is 264 Å². The third-order valence-corrected chi connectivity index (χ3v) is 21.6. The number of nitrogens with one attached hydrogen (secondary N) is 7. The Morgan fingerprint density at radius 1 is 0.391 bits per heavy atom. The van der Waals surface area contributed by atoms with Crippen LogP contribution in [0, 0.1) is 11.8 Å². The van der Waals surface area contributed by atoms with Crippen molar-refractivity contribution in [2.45, 2.75) is 167 Å². The molecule has 2 fully saturated rings. The van der Waals surface area contributed by atoms with Gasteiger partial charge in [0.1, 0.15) is 0 Å². The minimum absolute atomic E-state index is 0.0108. The van der Waals surface area contributed by atoms with Gasteiger partial charge in [-0.2, -0.15) is 0 Å². The average Bonchev–Trinajstić information content (AvgIpc) is 1.02. The van der Waals surface area contributed by atoms with Crippen molar-refractivity contribution in [3.05, 3.63) is 345 Å². The van der Waals surface area contributed by atoms with Gasteiger partial charge >= 0.3 is 35.8 Å². The molecule has 2 aliphatic carbocycles. The summed E-state index contributed by atoms with van der Waals surface area (Å²) >= 11 is 5.94. The van der Waals surface area contributed by atoms with Gasteiger partial charge in [0.05, 0.1) is 41.3 Å². The van der Waals surface area contributed by atoms with Crippen molar-refractivity contribution in [2.75, 3.05) is 27.8 Å². The molecule has 10 aromatic rings. The van der Waals surface area contributed by atoms with Crippen molar-refractivity contribution >= 4 is 124 Å². The van der Waals surface area contributed by atoms with E-state index in [0.717, 1.165) is 108 Å². The lowest BCUT2D eigenvalue weighted by atomic mass is 9.88. The van der Waals surface area contributed by atoms with Crippen molar-refractivity contribution in [3.63, 3.8) is 0 Å². The molecule has 0 saturated heterocycles. The van der Waals surface area contributed by atoms with E-state index in [4.69, 9.17) is 37.1 Å². The number of aromatic carboxylic acids is 1. The second-order valence-electron chi connectivity index (χ2n) is 31.6. The third-order valence-electron chi connectivity index (χ3n) is 21.3. The lowest BCUT2D eigenvalue weighted by Gasteiger charge is -2.20. The number of aliphatic carboxylic acids is 5. The van der Waals surface area contributed by atoms with E-state index >= 15 is 0 Å². The van der Waals surface area contributed by atoms with E-state index in [0.29, 0.717) is 78.3 Å². The molecule has 13 N–H and O–H groups in total. The number of carboxylic acid groups (broad SMARTS) is 6. The van der Waals surface area contributed by atoms with E-state index in [9.17, 15) is 67.4 Å². The van der Waals surface area contributed by atoms with Crippen LogP contribution < -0.4 is 37.2 Å². The van der Waals surface area contributed by atoms with Crippen LogP contribution >= 0.6 is 11.6 Å². The van der Waals surface area contributed by atoms with Crippen molar-refractivity contribution in [3.8, 4) is 0 Å². The predicted octanol–water partition coefficient (Wildman–Crippen LogP) is 19.5. The number of benzene rings is 10. The number of aryl methyl sites for hydroxylation is 1. The van der Waals surface area contributed by atoms with E-state index in [1.54, 1.807) is 146 Å². The molecule has 0 bridgehead atoms. The van der Waals surface area contributed by atoms with E-state index in [1.165, 1.54) is 56.4 Å². The molecule has 2 aliphatic rings. The Labute approximate surface area is 779 Å². The lowest BCUT2D eigenvalue weighted by Crippen LogP contribution is -2.33. The number of hydrogen-bond donors (Lipinski definition) is 13. The van der Waals surface area contributed by atoms with Crippen molar-refractivity contribution < 1.29 is 93.0 Å². The highest BCUT2D eigenvalue weighted by atomic mass is 35.5. The summed E-state index contributed by atoms with van der Waals surface area (Å²) in [6, 6.07) is 77.7. The van der Waals surface area contributed by atoms with Crippen LogP contribution in [0.4, 0.5) is 22.7 Å². The maximum atomic E-state index is 12.7. The maximum absolute atomic E-state index is 12.7. The Hall–Kier alpha value is -14.9. The van der Waals surface area contributed by atoms with Gasteiger partial charge in [-0.05, 0) is 193 Å². The van der Waals surface area contributed by atoms with E-state index in [-0.39, 0.29) is 90.4 Å². The molecule has 133 heavy (non-hydrogen) atoms. The Kier molecular flexibility index (Phi) is 46.9. The smallest absolute Gasteiger partial charge is 0.335 e.